The Kier molecular flexibility index (Phi) is 7.24. The molecule has 5 nitrogen and oxygen atoms in total. The first-order valence-corrected chi connectivity index (χ1v) is 14.2. The Hall–Kier alpha value is -1.39. The van der Waals surface area contributed by atoms with Crippen molar-refractivity contribution in [3.63, 3.8) is 0 Å². The zero-order valence-electron chi connectivity index (χ0n) is 22.6. The summed E-state index contributed by atoms with van der Waals surface area (Å²) in [4.78, 5) is 42.7. The predicted octanol–water partition coefficient (Wildman–Crippen LogP) is 5.32. The van der Waals surface area contributed by atoms with Gasteiger partial charge in [0.2, 0.25) is 11.8 Å². The number of carbonyl (C=O) groups excluding carboxylic acids is 3. The van der Waals surface area contributed by atoms with Crippen LogP contribution in [0.4, 0.5) is 0 Å². The Bertz CT molecular complexity index is 807. The van der Waals surface area contributed by atoms with E-state index in [-0.39, 0.29) is 22.6 Å². The molecule has 2 amide bonds. The molecule has 0 radical (unpaired) electrons. The number of piperidine rings is 1. The van der Waals surface area contributed by atoms with Crippen molar-refractivity contribution in [1.82, 2.24) is 9.80 Å². The average Bonchev–Trinajstić information content (AvgIpc) is 3.17. The molecular formula is C29H48N2O3. The van der Waals surface area contributed by atoms with E-state index in [4.69, 9.17) is 0 Å². The summed E-state index contributed by atoms with van der Waals surface area (Å²) in [7, 11) is 1.98. The standard InChI is InChI=1S/C29H48N2O3/c1-7-31(8-2)27(34)11-9-10-19(3)21-13-14-22-20-12-15-24-28(4,17-16-26(33)30(24)6)23(20)18-25(32)29(21,22)5/h19-24H,7-18H2,1-6H3/t19-,20+,21-,22+,23+,24-,28-,29-/m1/s1. The Labute approximate surface area is 207 Å². The van der Waals surface area contributed by atoms with Gasteiger partial charge in [0.1, 0.15) is 5.78 Å². The third-order valence-electron chi connectivity index (χ3n) is 11.3. The van der Waals surface area contributed by atoms with E-state index in [1.54, 1.807) is 0 Å². The first-order valence-electron chi connectivity index (χ1n) is 14.2. The van der Waals surface area contributed by atoms with Crippen LogP contribution in [0.25, 0.3) is 0 Å². The van der Waals surface area contributed by atoms with E-state index in [2.05, 4.69) is 20.8 Å². The second-order valence-electron chi connectivity index (χ2n) is 12.5. The number of fused-ring (bicyclic) bond motifs is 5. The van der Waals surface area contributed by atoms with Crippen LogP contribution in [0.15, 0.2) is 0 Å². The molecule has 1 aliphatic heterocycles. The molecule has 0 spiro atoms. The molecule has 8 atom stereocenters. The molecule has 0 aromatic rings. The van der Waals surface area contributed by atoms with Crippen LogP contribution in [0.3, 0.4) is 0 Å². The Balaban J connectivity index is 1.45. The Morgan fingerprint density at radius 3 is 2.47 bits per heavy atom. The van der Waals surface area contributed by atoms with Gasteiger partial charge in [0, 0.05) is 50.9 Å². The summed E-state index contributed by atoms with van der Waals surface area (Å²) in [5, 5.41) is 0. The highest BCUT2D eigenvalue weighted by Crippen LogP contribution is 2.66. The molecular weight excluding hydrogens is 424 g/mol. The van der Waals surface area contributed by atoms with Gasteiger partial charge in [-0.05, 0) is 93.8 Å². The summed E-state index contributed by atoms with van der Waals surface area (Å²) >= 11 is 0. The van der Waals surface area contributed by atoms with E-state index in [1.807, 2.05) is 30.7 Å². The number of rotatable bonds is 7. The highest BCUT2D eigenvalue weighted by Gasteiger charge is 2.64. The van der Waals surface area contributed by atoms with Crippen LogP contribution in [0.2, 0.25) is 0 Å². The number of hydrogen-bond acceptors (Lipinski definition) is 3. The number of amides is 2. The minimum Gasteiger partial charge on any atom is -0.343 e. The van der Waals surface area contributed by atoms with Gasteiger partial charge >= 0.3 is 0 Å². The van der Waals surface area contributed by atoms with Gasteiger partial charge in [0.15, 0.2) is 0 Å². The van der Waals surface area contributed by atoms with Gasteiger partial charge in [-0.2, -0.15) is 0 Å². The maximum Gasteiger partial charge on any atom is 0.222 e. The van der Waals surface area contributed by atoms with E-state index in [9.17, 15) is 14.4 Å². The normalized spacial score (nSPS) is 40.4. The molecule has 0 aromatic heterocycles. The molecule has 5 heteroatoms. The molecule has 1 saturated heterocycles. The molecule has 34 heavy (non-hydrogen) atoms. The molecule has 0 N–H and O–H groups in total. The zero-order valence-corrected chi connectivity index (χ0v) is 22.6. The number of ketones is 1. The lowest BCUT2D eigenvalue weighted by Gasteiger charge is -2.61. The zero-order chi connectivity index (χ0) is 24.8. The van der Waals surface area contributed by atoms with Crippen LogP contribution < -0.4 is 0 Å². The fourth-order valence-electron chi connectivity index (χ4n) is 9.31. The average molecular weight is 473 g/mol. The Morgan fingerprint density at radius 2 is 1.79 bits per heavy atom. The van der Waals surface area contributed by atoms with E-state index in [0.29, 0.717) is 60.7 Å². The van der Waals surface area contributed by atoms with Crippen molar-refractivity contribution in [3.8, 4) is 0 Å². The summed E-state index contributed by atoms with van der Waals surface area (Å²) in [5.41, 5.74) is -0.125. The van der Waals surface area contributed by atoms with Gasteiger partial charge in [-0.15, -0.1) is 0 Å². The third kappa shape index (κ3) is 3.93. The number of hydrogen-bond donors (Lipinski definition) is 0. The monoisotopic (exact) mass is 472 g/mol. The molecule has 1 heterocycles. The van der Waals surface area contributed by atoms with Crippen LogP contribution in [-0.4, -0.2) is 53.6 Å². The van der Waals surface area contributed by atoms with E-state index in [1.165, 1.54) is 6.42 Å². The fraction of sp³-hybridized carbons (Fsp3) is 0.897. The van der Waals surface area contributed by atoms with E-state index in [0.717, 1.165) is 51.6 Å². The van der Waals surface area contributed by atoms with Crippen LogP contribution in [0.5, 0.6) is 0 Å². The fourth-order valence-corrected chi connectivity index (χ4v) is 9.31. The lowest BCUT2D eigenvalue weighted by Crippen LogP contribution is -2.63. The van der Waals surface area contributed by atoms with Crippen molar-refractivity contribution in [1.29, 1.82) is 0 Å². The summed E-state index contributed by atoms with van der Waals surface area (Å²) in [6, 6.07) is 0.298. The molecule has 4 rings (SSSR count). The Morgan fingerprint density at radius 1 is 1.09 bits per heavy atom. The number of Topliss-reactive ketones (excluding diaryl/α,β-unsaturated/α-hetero) is 1. The van der Waals surface area contributed by atoms with E-state index >= 15 is 0 Å². The highest BCUT2D eigenvalue weighted by atomic mass is 16.2. The molecule has 192 valence electrons. The van der Waals surface area contributed by atoms with Crippen molar-refractivity contribution in [2.75, 3.05) is 20.1 Å². The molecule has 0 aromatic carbocycles. The highest BCUT2D eigenvalue weighted by molar-refractivity contribution is 5.87. The predicted molar refractivity (Wildman–Crippen MR) is 135 cm³/mol. The van der Waals surface area contributed by atoms with E-state index < -0.39 is 0 Å². The molecule has 0 unspecified atom stereocenters. The molecule has 3 saturated carbocycles. The van der Waals surface area contributed by atoms with Crippen LogP contribution in [0, 0.1) is 40.4 Å². The van der Waals surface area contributed by atoms with Gasteiger partial charge in [0.05, 0.1) is 0 Å². The van der Waals surface area contributed by atoms with Gasteiger partial charge in [-0.1, -0.05) is 20.8 Å². The van der Waals surface area contributed by atoms with Gasteiger partial charge in [-0.3, -0.25) is 14.4 Å². The summed E-state index contributed by atoms with van der Waals surface area (Å²) in [6.45, 7) is 12.7. The summed E-state index contributed by atoms with van der Waals surface area (Å²) < 4.78 is 0. The maximum atomic E-state index is 13.9. The first-order chi connectivity index (χ1) is 16.1. The summed E-state index contributed by atoms with van der Waals surface area (Å²) in [6.07, 6.45) is 9.45. The van der Waals surface area contributed by atoms with Crippen molar-refractivity contribution < 1.29 is 14.4 Å². The smallest absolute Gasteiger partial charge is 0.222 e. The second kappa shape index (κ2) is 9.58. The second-order valence-corrected chi connectivity index (χ2v) is 12.5. The minimum atomic E-state index is -0.205. The lowest BCUT2D eigenvalue weighted by molar-refractivity contribution is -0.166. The largest absolute Gasteiger partial charge is 0.343 e. The van der Waals surface area contributed by atoms with Crippen LogP contribution in [-0.2, 0) is 14.4 Å². The number of carbonyl (C=O) groups is 3. The molecule has 4 aliphatic rings. The van der Waals surface area contributed by atoms with Crippen molar-refractivity contribution in [3.05, 3.63) is 0 Å². The number of nitrogens with zero attached hydrogens (tertiary/aromatic N) is 2. The number of likely N-dealkylation sites (tertiary alicyclic amines) is 1. The van der Waals surface area contributed by atoms with Crippen molar-refractivity contribution >= 4 is 17.6 Å². The summed E-state index contributed by atoms with van der Waals surface area (Å²) in [5.74, 6) is 3.49. The lowest BCUT2D eigenvalue weighted by atomic mass is 9.46. The molecule has 3 aliphatic carbocycles. The van der Waals surface area contributed by atoms with Gasteiger partial charge < -0.3 is 9.80 Å². The van der Waals surface area contributed by atoms with Gasteiger partial charge in [-0.25, -0.2) is 0 Å². The first kappa shape index (κ1) is 25.7. The minimum absolute atomic E-state index is 0.0804. The molecule has 4 fully saturated rings. The molecule has 0 bridgehead atoms. The van der Waals surface area contributed by atoms with Crippen molar-refractivity contribution in [2.24, 2.45) is 40.4 Å². The van der Waals surface area contributed by atoms with Gasteiger partial charge in [0.25, 0.3) is 0 Å². The van der Waals surface area contributed by atoms with Crippen LogP contribution in [0.1, 0.15) is 98.8 Å². The maximum absolute atomic E-state index is 13.9. The third-order valence-corrected chi connectivity index (χ3v) is 11.3. The quantitative estimate of drug-likeness (QED) is 0.504. The SMILES string of the molecule is CCN(CC)C(=O)CCC[C@@H](C)[C@H]1CC[C@H]2[C@@H]3CC[C@H]4N(C)C(=O)CC[C@]4(C)[C@H]3CC(=O)[C@]12C. The van der Waals surface area contributed by atoms with Crippen molar-refractivity contribution in [2.45, 2.75) is 105 Å². The van der Waals surface area contributed by atoms with Crippen LogP contribution >= 0.6 is 0 Å². The topological polar surface area (TPSA) is 57.7 Å².